The standard InChI is InChI=1S/C15H18ClN3/c1-15(9-5-6-10-15)14-18-17-13(11-16)19(14)12-7-3-2-4-8-12/h2-4,7-8H,5-6,9-11H2,1H3. The fourth-order valence-electron chi connectivity index (χ4n) is 3.02. The van der Waals surface area contributed by atoms with Crippen LogP contribution in [0.15, 0.2) is 30.3 Å². The van der Waals surface area contributed by atoms with Gasteiger partial charge in [0.2, 0.25) is 0 Å². The zero-order valence-electron chi connectivity index (χ0n) is 11.1. The fraction of sp³-hybridized carbons (Fsp3) is 0.467. The van der Waals surface area contributed by atoms with Crippen LogP contribution in [-0.2, 0) is 11.3 Å². The van der Waals surface area contributed by atoms with Crippen LogP contribution in [-0.4, -0.2) is 14.8 Å². The maximum absolute atomic E-state index is 6.02. The second kappa shape index (κ2) is 4.97. The van der Waals surface area contributed by atoms with E-state index in [4.69, 9.17) is 11.6 Å². The van der Waals surface area contributed by atoms with E-state index < -0.39 is 0 Å². The summed E-state index contributed by atoms with van der Waals surface area (Å²) in [5, 5.41) is 8.73. The number of aromatic nitrogens is 3. The van der Waals surface area contributed by atoms with Gasteiger partial charge in [0, 0.05) is 11.1 Å². The minimum absolute atomic E-state index is 0.132. The van der Waals surface area contributed by atoms with Crippen LogP contribution in [0.1, 0.15) is 44.3 Å². The van der Waals surface area contributed by atoms with Crippen molar-refractivity contribution in [2.24, 2.45) is 0 Å². The lowest BCUT2D eigenvalue weighted by Crippen LogP contribution is -2.23. The molecule has 0 N–H and O–H groups in total. The third-order valence-electron chi connectivity index (χ3n) is 4.11. The molecular weight excluding hydrogens is 258 g/mol. The Labute approximate surface area is 118 Å². The Balaban J connectivity index is 2.14. The summed E-state index contributed by atoms with van der Waals surface area (Å²) in [5.41, 5.74) is 1.24. The predicted octanol–water partition coefficient (Wildman–Crippen LogP) is 3.84. The molecule has 19 heavy (non-hydrogen) atoms. The first-order chi connectivity index (χ1) is 9.24. The summed E-state index contributed by atoms with van der Waals surface area (Å²) in [7, 11) is 0. The molecule has 0 bridgehead atoms. The normalized spacial score (nSPS) is 17.8. The van der Waals surface area contributed by atoms with E-state index >= 15 is 0 Å². The molecule has 0 aliphatic heterocycles. The Bertz CT molecular complexity index is 556. The zero-order valence-corrected chi connectivity index (χ0v) is 11.9. The first kappa shape index (κ1) is 12.7. The van der Waals surface area contributed by atoms with Gasteiger partial charge in [-0.25, -0.2) is 0 Å². The minimum Gasteiger partial charge on any atom is -0.282 e. The number of halogens is 1. The van der Waals surface area contributed by atoms with Crippen LogP contribution in [0.4, 0.5) is 0 Å². The van der Waals surface area contributed by atoms with Crippen LogP contribution >= 0.6 is 11.6 Å². The Morgan fingerprint density at radius 2 is 1.84 bits per heavy atom. The van der Waals surface area contributed by atoms with Gasteiger partial charge in [0.05, 0.1) is 5.88 Å². The highest BCUT2D eigenvalue weighted by Gasteiger charge is 2.36. The van der Waals surface area contributed by atoms with Crippen molar-refractivity contribution in [1.82, 2.24) is 14.8 Å². The SMILES string of the molecule is CC1(c2nnc(CCl)n2-c2ccccc2)CCCC1. The van der Waals surface area contributed by atoms with Gasteiger partial charge < -0.3 is 0 Å². The molecule has 1 saturated carbocycles. The molecule has 1 aliphatic carbocycles. The molecule has 0 radical (unpaired) electrons. The maximum atomic E-state index is 6.02. The molecule has 0 unspecified atom stereocenters. The summed E-state index contributed by atoms with van der Waals surface area (Å²) < 4.78 is 2.14. The molecule has 0 amide bonds. The van der Waals surface area contributed by atoms with Crippen LogP contribution in [0.25, 0.3) is 5.69 Å². The highest BCUT2D eigenvalue weighted by atomic mass is 35.5. The molecule has 1 fully saturated rings. The van der Waals surface area contributed by atoms with Crippen molar-refractivity contribution in [3.8, 4) is 5.69 Å². The molecule has 3 nitrogen and oxygen atoms in total. The van der Waals surface area contributed by atoms with E-state index in [1.807, 2.05) is 18.2 Å². The maximum Gasteiger partial charge on any atom is 0.152 e. The molecule has 3 rings (SSSR count). The van der Waals surface area contributed by atoms with Gasteiger partial charge in [0.15, 0.2) is 5.82 Å². The van der Waals surface area contributed by atoms with E-state index in [1.165, 1.54) is 25.7 Å². The molecule has 0 spiro atoms. The Morgan fingerprint density at radius 1 is 1.16 bits per heavy atom. The third-order valence-corrected chi connectivity index (χ3v) is 4.35. The summed E-state index contributed by atoms with van der Waals surface area (Å²) in [6.45, 7) is 2.29. The molecule has 1 aliphatic rings. The minimum atomic E-state index is 0.132. The third kappa shape index (κ3) is 2.16. The molecular formula is C15H18ClN3. The fourth-order valence-corrected chi connectivity index (χ4v) is 3.19. The highest BCUT2D eigenvalue weighted by Crippen LogP contribution is 2.40. The number of hydrogen-bond acceptors (Lipinski definition) is 2. The second-order valence-electron chi connectivity index (χ2n) is 5.51. The first-order valence-corrected chi connectivity index (χ1v) is 7.34. The molecule has 1 aromatic heterocycles. The number of para-hydroxylation sites is 1. The van der Waals surface area contributed by atoms with Crippen molar-refractivity contribution in [2.75, 3.05) is 0 Å². The van der Waals surface area contributed by atoms with E-state index in [0.717, 1.165) is 17.3 Å². The average molecular weight is 276 g/mol. The van der Waals surface area contributed by atoms with Crippen LogP contribution in [0, 0.1) is 0 Å². The van der Waals surface area contributed by atoms with Crippen LogP contribution in [0.3, 0.4) is 0 Å². The van der Waals surface area contributed by atoms with Crippen LogP contribution in [0.2, 0.25) is 0 Å². The van der Waals surface area contributed by atoms with Crippen molar-refractivity contribution < 1.29 is 0 Å². The van der Waals surface area contributed by atoms with Gasteiger partial charge in [-0.1, -0.05) is 38.0 Å². The van der Waals surface area contributed by atoms with Crippen molar-refractivity contribution >= 4 is 11.6 Å². The van der Waals surface area contributed by atoms with Gasteiger partial charge in [-0.15, -0.1) is 21.8 Å². The molecule has 0 saturated heterocycles. The lowest BCUT2D eigenvalue weighted by Gasteiger charge is -2.23. The number of alkyl halides is 1. The molecule has 1 aromatic carbocycles. The van der Waals surface area contributed by atoms with Crippen molar-refractivity contribution in [3.05, 3.63) is 42.0 Å². The summed E-state index contributed by atoms with van der Waals surface area (Å²) in [5.74, 6) is 2.28. The van der Waals surface area contributed by atoms with Gasteiger partial charge in [0.1, 0.15) is 5.82 Å². The largest absolute Gasteiger partial charge is 0.282 e. The Hall–Kier alpha value is -1.35. The average Bonchev–Trinajstić information content (AvgIpc) is 3.06. The monoisotopic (exact) mass is 275 g/mol. The van der Waals surface area contributed by atoms with E-state index in [0.29, 0.717) is 5.88 Å². The van der Waals surface area contributed by atoms with Crippen molar-refractivity contribution in [2.45, 2.75) is 43.9 Å². The molecule has 1 heterocycles. The van der Waals surface area contributed by atoms with Gasteiger partial charge in [-0.05, 0) is 25.0 Å². The van der Waals surface area contributed by atoms with Gasteiger partial charge >= 0.3 is 0 Å². The van der Waals surface area contributed by atoms with Crippen LogP contribution < -0.4 is 0 Å². The smallest absolute Gasteiger partial charge is 0.152 e. The number of hydrogen-bond donors (Lipinski definition) is 0. The second-order valence-corrected chi connectivity index (χ2v) is 5.78. The number of rotatable bonds is 3. The zero-order chi connectivity index (χ0) is 13.3. The number of benzene rings is 1. The first-order valence-electron chi connectivity index (χ1n) is 6.81. The summed E-state index contributed by atoms with van der Waals surface area (Å²) >= 11 is 6.02. The summed E-state index contributed by atoms with van der Waals surface area (Å²) in [6, 6.07) is 10.3. The predicted molar refractivity (Wildman–Crippen MR) is 76.7 cm³/mol. The topological polar surface area (TPSA) is 30.7 Å². The van der Waals surface area contributed by atoms with Crippen molar-refractivity contribution in [3.63, 3.8) is 0 Å². The molecule has 4 heteroatoms. The summed E-state index contributed by atoms with van der Waals surface area (Å²) in [4.78, 5) is 0. The van der Waals surface area contributed by atoms with E-state index in [9.17, 15) is 0 Å². The number of nitrogens with zero attached hydrogens (tertiary/aromatic N) is 3. The van der Waals surface area contributed by atoms with Gasteiger partial charge in [-0.3, -0.25) is 4.57 Å². The molecule has 0 atom stereocenters. The highest BCUT2D eigenvalue weighted by molar-refractivity contribution is 6.16. The lowest BCUT2D eigenvalue weighted by atomic mass is 9.87. The van der Waals surface area contributed by atoms with Gasteiger partial charge in [-0.2, -0.15) is 0 Å². The van der Waals surface area contributed by atoms with Gasteiger partial charge in [0.25, 0.3) is 0 Å². The lowest BCUT2D eigenvalue weighted by molar-refractivity contribution is 0.449. The van der Waals surface area contributed by atoms with Crippen LogP contribution in [0.5, 0.6) is 0 Å². The van der Waals surface area contributed by atoms with E-state index in [1.54, 1.807) is 0 Å². The van der Waals surface area contributed by atoms with E-state index in [-0.39, 0.29) is 5.41 Å². The molecule has 2 aromatic rings. The quantitative estimate of drug-likeness (QED) is 0.797. The Kier molecular flexibility index (Phi) is 3.31. The summed E-state index contributed by atoms with van der Waals surface area (Å²) in [6.07, 6.45) is 4.91. The molecule has 100 valence electrons. The van der Waals surface area contributed by atoms with E-state index in [2.05, 4.69) is 33.8 Å². The Morgan fingerprint density at radius 3 is 2.47 bits per heavy atom. The van der Waals surface area contributed by atoms with Crippen molar-refractivity contribution in [1.29, 1.82) is 0 Å².